The fourth-order valence-electron chi connectivity index (χ4n) is 4.75. The van der Waals surface area contributed by atoms with Crippen LogP contribution in [0.5, 0.6) is 5.75 Å². The number of nitrogens with zero attached hydrogens (tertiary/aromatic N) is 2. The Kier molecular flexibility index (Phi) is 10.4. The Hall–Kier alpha value is -3.40. The maximum Gasteiger partial charge on any atom is 0.243 e. The van der Waals surface area contributed by atoms with E-state index >= 15 is 0 Å². The molecule has 0 spiro atoms. The minimum absolute atomic E-state index is 0.169. The Morgan fingerprint density at radius 1 is 0.927 bits per heavy atom. The Balaban J connectivity index is 1.41. The van der Waals surface area contributed by atoms with Gasteiger partial charge in [-0.05, 0) is 79.3 Å². The quantitative estimate of drug-likeness (QED) is 0.324. The number of ether oxygens (including phenoxy) is 1. The number of nitrogens with one attached hydrogen (secondary N) is 1. The van der Waals surface area contributed by atoms with Crippen molar-refractivity contribution < 1.29 is 22.7 Å². The second-order valence-corrected chi connectivity index (χ2v) is 12.5. The molecule has 1 fully saturated rings. The van der Waals surface area contributed by atoms with Gasteiger partial charge in [0.1, 0.15) is 11.8 Å². The normalized spacial score (nSPS) is 14.4. The van der Waals surface area contributed by atoms with Crippen LogP contribution in [0.15, 0.2) is 77.7 Å². The fraction of sp³-hybridized carbons (Fsp3) is 0.355. The lowest BCUT2D eigenvalue weighted by atomic mass is 10.1. The first kappa shape index (κ1) is 30.6. The number of rotatable bonds is 12. The van der Waals surface area contributed by atoms with Gasteiger partial charge < -0.3 is 15.0 Å². The first-order chi connectivity index (χ1) is 19.7. The Morgan fingerprint density at radius 3 is 2.12 bits per heavy atom. The number of sulfonamides is 1. The van der Waals surface area contributed by atoms with Gasteiger partial charge in [0.15, 0.2) is 0 Å². The number of halogens is 1. The number of methoxy groups -OCH3 is 1. The summed E-state index contributed by atoms with van der Waals surface area (Å²) in [5.74, 6) is 0.288. The van der Waals surface area contributed by atoms with Crippen LogP contribution in [0, 0.1) is 0 Å². The largest absolute Gasteiger partial charge is 0.497 e. The molecule has 3 aromatic carbocycles. The van der Waals surface area contributed by atoms with Crippen LogP contribution in [0.3, 0.4) is 0 Å². The summed E-state index contributed by atoms with van der Waals surface area (Å²) in [6.45, 7) is 3.39. The number of hydrogen-bond donors (Lipinski definition) is 1. The van der Waals surface area contributed by atoms with E-state index in [2.05, 4.69) is 5.32 Å². The zero-order valence-corrected chi connectivity index (χ0v) is 25.0. The van der Waals surface area contributed by atoms with Crippen LogP contribution in [-0.2, 0) is 39.1 Å². The van der Waals surface area contributed by atoms with Crippen LogP contribution < -0.4 is 10.1 Å². The molecule has 0 aromatic heterocycles. The van der Waals surface area contributed by atoms with Crippen molar-refractivity contribution >= 4 is 33.4 Å². The molecule has 218 valence electrons. The Morgan fingerprint density at radius 2 is 1.51 bits per heavy atom. The maximum atomic E-state index is 13.5. The third kappa shape index (κ3) is 8.09. The van der Waals surface area contributed by atoms with Gasteiger partial charge in [0.2, 0.25) is 21.8 Å². The molecule has 0 saturated carbocycles. The number of benzene rings is 3. The molecule has 1 aliphatic heterocycles. The van der Waals surface area contributed by atoms with Crippen molar-refractivity contribution in [1.29, 1.82) is 0 Å². The molecule has 0 aliphatic carbocycles. The van der Waals surface area contributed by atoms with Crippen molar-refractivity contribution in [3.63, 3.8) is 0 Å². The SMILES string of the molecule is COc1ccc(CNC(=O)[C@@H](C)N(Cc2ccc(Cl)cc2)C(=O)CCc2ccc(S(=O)(=O)N3CCCC3)cc2)cc1. The third-order valence-corrected chi connectivity index (χ3v) is 9.48. The summed E-state index contributed by atoms with van der Waals surface area (Å²) >= 11 is 6.04. The van der Waals surface area contributed by atoms with E-state index in [0.29, 0.717) is 31.1 Å². The lowest BCUT2D eigenvalue weighted by Crippen LogP contribution is -2.47. The minimum atomic E-state index is -3.49. The lowest BCUT2D eigenvalue weighted by molar-refractivity contribution is -0.140. The second kappa shape index (κ2) is 14.0. The second-order valence-electron chi connectivity index (χ2n) is 10.1. The summed E-state index contributed by atoms with van der Waals surface area (Å²) < 4.78 is 32.3. The van der Waals surface area contributed by atoms with Crippen LogP contribution in [0.25, 0.3) is 0 Å². The van der Waals surface area contributed by atoms with E-state index in [0.717, 1.165) is 35.3 Å². The highest BCUT2D eigenvalue weighted by molar-refractivity contribution is 7.89. The van der Waals surface area contributed by atoms with E-state index in [1.807, 2.05) is 36.4 Å². The molecule has 1 N–H and O–H groups in total. The molecule has 0 bridgehead atoms. The van der Waals surface area contributed by atoms with E-state index in [-0.39, 0.29) is 29.7 Å². The molecular formula is C31H36ClN3O5S. The summed E-state index contributed by atoms with van der Waals surface area (Å²) in [6, 6.07) is 20.6. The zero-order valence-electron chi connectivity index (χ0n) is 23.4. The van der Waals surface area contributed by atoms with E-state index in [1.54, 1.807) is 55.3 Å². The van der Waals surface area contributed by atoms with E-state index in [4.69, 9.17) is 16.3 Å². The van der Waals surface area contributed by atoms with Gasteiger partial charge in [-0.3, -0.25) is 9.59 Å². The first-order valence-electron chi connectivity index (χ1n) is 13.7. The molecule has 41 heavy (non-hydrogen) atoms. The standard InChI is InChI=1S/C31H36ClN3O5S/c1-23(31(37)33-21-25-7-14-28(40-2)15-8-25)35(22-26-5-12-27(32)13-6-26)30(36)18-11-24-9-16-29(17-10-24)41(38,39)34-19-3-4-20-34/h5-10,12-17,23H,3-4,11,18-22H2,1-2H3,(H,33,37)/t23-/m1/s1. The van der Waals surface area contributed by atoms with Gasteiger partial charge in [0.05, 0.1) is 12.0 Å². The Labute approximate surface area is 247 Å². The highest BCUT2D eigenvalue weighted by Gasteiger charge is 2.28. The van der Waals surface area contributed by atoms with Crippen molar-refractivity contribution in [2.75, 3.05) is 20.2 Å². The zero-order chi connectivity index (χ0) is 29.4. The third-order valence-electron chi connectivity index (χ3n) is 7.31. The average molecular weight is 598 g/mol. The molecule has 1 saturated heterocycles. The molecule has 0 unspecified atom stereocenters. The number of carbonyl (C=O) groups is 2. The lowest BCUT2D eigenvalue weighted by Gasteiger charge is -2.29. The van der Waals surface area contributed by atoms with Crippen molar-refractivity contribution in [2.24, 2.45) is 0 Å². The van der Waals surface area contributed by atoms with Gasteiger partial charge >= 0.3 is 0 Å². The van der Waals surface area contributed by atoms with E-state index < -0.39 is 16.1 Å². The van der Waals surface area contributed by atoms with Crippen molar-refractivity contribution in [3.8, 4) is 5.75 Å². The molecule has 4 rings (SSSR count). The monoisotopic (exact) mass is 597 g/mol. The van der Waals surface area contributed by atoms with Gasteiger partial charge in [-0.2, -0.15) is 4.31 Å². The molecule has 10 heteroatoms. The number of hydrogen-bond acceptors (Lipinski definition) is 5. The minimum Gasteiger partial charge on any atom is -0.497 e. The van der Waals surface area contributed by atoms with E-state index in [9.17, 15) is 18.0 Å². The Bertz CT molecular complexity index is 1420. The summed E-state index contributed by atoms with van der Waals surface area (Å²) in [6.07, 6.45) is 2.34. The van der Waals surface area contributed by atoms with Gasteiger partial charge in [-0.25, -0.2) is 8.42 Å². The van der Waals surface area contributed by atoms with Crippen molar-refractivity contribution in [2.45, 2.75) is 56.6 Å². The van der Waals surface area contributed by atoms with Crippen LogP contribution in [0.1, 0.15) is 42.9 Å². The predicted molar refractivity (Wildman–Crippen MR) is 159 cm³/mol. The first-order valence-corrected chi connectivity index (χ1v) is 15.5. The summed E-state index contributed by atoms with van der Waals surface area (Å²) in [5, 5.41) is 3.52. The van der Waals surface area contributed by atoms with Gasteiger partial charge in [0.25, 0.3) is 0 Å². The summed E-state index contributed by atoms with van der Waals surface area (Å²) in [4.78, 5) is 28.4. The van der Waals surface area contributed by atoms with Crippen molar-refractivity contribution in [1.82, 2.24) is 14.5 Å². The van der Waals surface area contributed by atoms with Crippen LogP contribution >= 0.6 is 11.6 Å². The molecular weight excluding hydrogens is 562 g/mol. The molecule has 1 heterocycles. The molecule has 1 atom stereocenters. The molecule has 0 radical (unpaired) electrons. The smallest absolute Gasteiger partial charge is 0.243 e. The van der Waals surface area contributed by atoms with Gasteiger partial charge in [-0.1, -0.05) is 48.0 Å². The van der Waals surface area contributed by atoms with Gasteiger partial charge in [0, 0.05) is 37.6 Å². The number of amides is 2. The molecule has 1 aliphatic rings. The average Bonchev–Trinajstić information content (AvgIpc) is 3.55. The maximum absolute atomic E-state index is 13.5. The fourth-order valence-corrected chi connectivity index (χ4v) is 6.39. The predicted octanol–water partition coefficient (Wildman–Crippen LogP) is 4.80. The highest BCUT2D eigenvalue weighted by atomic mass is 35.5. The van der Waals surface area contributed by atoms with Crippen LogP contribution in [0.2, 0.25) is 5.02 Å². The molecule has 2 amide bonds. The highest BCUT2D eigenvalue weighted by Crippen LogP contribution is 2.22. The number of aryl methyl sites for hydroxylation is 1. The van der Waals surface area contributed by atoms with Gasteiger partial charge in [-0.15, -0.1) is 0 Å². The number of carbonyl (C=O) groups excluding carboxylic acids is 2. The topological polar surface area (TPSA) is 96.0 Å². The van der Waals surface area contributed by atoms with E-state index in [1.165, 1.54) is 4.31 Å². The van der Waals surface area contributed by atoms with Crippen molar-refractivity contribution in [3.05, 3.63) is 94.5 Å². The summed E-state index contributed by atoms with van der Waals surface area (Å²) in [5.41, 5.74) is 2.62. The molecule has 3 aromatic rings. The molecule has 8 nitrogen and oxygen atoms in total. The van der Waals surface area contributed by atoms with Crippen LogP contribution in [0.4, 0.5) is 0 Å². The summed E-state index contributed by atoms with van der Waals surface area (Å²) in [7, 11) is -1.89. The van der Waals surface area contributed by atoms with Crippen LogP contribution in [-0.4, -0.2) is 55.7 Å².